The number of rotatable bonds is 3. The van der Waals surface area contributed by atoms with Gasteiger partial charge in [0.15, 0.2) is 0 Å². The molecule has 23 heavy (non-hydrogen) atoms. The lowest BCUT2D eigenvalue weighted by Crippen LogP contribution is -2.16. The van der Waals surface area contributed by atoms with Gasteiger partial charge in [-0.15, -0.1) is 0 Å². The smallest absolute Gasteiger partial charge is 0.274 e. The average Bonchev–Trinajstić information content (AvgIpc) is 2.85. The Kier molecular flexibility index (Phi) is 3.83. The Morgan fingerprint density at radius 1 is 1.35 bits per heavy atom. The fraction of sp³-hybridized carbons (Fsp3) is 0.0667. The third-order valence-electron chi connectivity index (χ3n) is 3.33. The van der Waals surface area contributed by atoms with Gasteiger partial charge in [-0.25, -0.2) is 4.98 Å². The number of halogens is 1. The molecule has 0 saturated carbocycles. The number of amides is 1. The zero-order valence-electron chi connectivity index (χ0n) is 12.0. The van der Waals surface area contributed by atoms with Gasteiger partial charge in [-0.2, -0.15) is 0 Å². The van der Waals surface area contributed by atoms with Crippen LogP contribution in [0, 0.1) is 17.0 Å². The van der Waals surface area contributed by atoms with Crippen molar-refractivity contribution in [2.45, 2.75) is 6.92 Å². The molecule has 0 aliphatic carbocycles. The molecule has 1 aromatic carbocycles. The second-order valence-corrected chi connectivity index (χ2v) is 5.70. The van der Waals surface area contributed by atoms with E-state index in [4.69, 9.17) is 0 Å². The number of pyridine rings is 1. The monoisotopic (exact) mass is 374 g/mol. The first kappa shape index (κ1) is 15.2. The molecule has 0 spiro atoms. The number of nitrogens with one attached hydrogen (secondary N) is 1. The summed E-state index contributed by atoms with van der Waals surface area (Å²) in [6.07, 6.45) is 1.74. The number of nitro groups is 1. The van der Waals surface area contributed by atoms with Gasteiger partial charge in [-0.05, 0) is 41.1 Å². The van der Waals surface area contributed by atoms with Crippen LogP contribution in [0.25, 0.3) is 5.65 Å². The number of imidazole rings is 1. The molecule has 3 aromatic rings. The molecule has 0 radical (unpaired) electrons. The highest BCUT2D eigenvalue weighted by Gasteiger charge is 2.18. The van der Waals surface area contributed by atoms with Gasteiger partial charge in [0.2, 0.25) is 0 Å². The minimum atomic E-state index is -0.512. The Bertz CT molecular complexity index is 936. The number of nitrogens with zero attached hydrogens (tertiary/aromatic N) is 3. The second-order valence-electron chi connectivity index (χ2n) is 4.85. The van der Waals surface area contributed by atoms with Crippen molar-refractivity contribution < 1.29 is 9.72 Å². The van der Waals surface area contributed by atoms with Crippen LogP contribution in [0.3, 0.4) is 0 Å². The summed E-state index contributed by atoms with van der Waals surface area (Å²) in [7, 11) is 0. The normalized spacial score (nSPS) is 10.7. The fourth-order valence-electron chi connectivity index (χ4n) is 2.29. The van der Waals surface area contributed by atoms with E-state index in [1.165, 1.54) is 18.2 Å². The first-order valence-electron chi connectivity index (χ1n) is 6.66. The number of hydrogen-bond donors (Lipinski definition) is 1. The lowest BCUT2D eigenvalue weighted by atomic mass is 10.2. The number of carbonyl (C=O) groups is 1. The minimum absolute atomic E-state index is 0.0987. The first-order chi connectivity index (χ1) is 11.0. The van der Waals surface area contributed by atoms with Crippen molar-refractivity contribution in [2.24, 2.45) is 0 Å². The van der Waals surface area contributed by atoms with Gasteiger partial charge in [0, 0.05) is 22.8 Å². The summed E-state index contributed by atoms with van der Waals surface area (Å²) in [4.78, 5) is 27.3. The van der Waals surface area contributed by atoms with Crippen molar-refractivity contribution in [3.8, 4) is 0 Å². The lowest BCUT2D eigenvalue weighted by molar-refractivity contribution is -0.384. The summed E-state index contributed by atoms with van der Waals surface area (Å²) in [5.74, 6) is -0.387. The molecule has 8 heteroatoms. The Hall–Kier alpha value is -2.74. The van der Waals surface area contributed by atoms with Crippen LogP contribution in [0.5, 0.6) is 0 Å². The van der Waals surface area contributed by atoms with Crippen LogP contribution >= 0.6 is 15.9 Å². The predicted octanol–water partition coefficient (Wildman–Crippen LogP) is 3.57. The lowest BCUT2D eigenvalue weighted by Gasteiger charge is -2.08. The van der Waals surface area contributed by atoms with E-state index >= 15 is 0 Å². The molecule has 0 atom stereocenters. The quantitative estimate of drug-likeness (QED) is 0.560. The maximum atomic E-state index is 12.6. The summed E-state index contributed by atoms with van der Waals surface area (Å²) in [6.45, 7) is 1.74. The molecule has 116 valence electrons. The van der Waals surface area contributed by atoms with Crippen molar-refractivity contribution in [3.05, 3.63) is 68.6 Å². The minimum Gasteiger partial charge on any atom is -0.319 e. The van der Waals surface area contributed by atoms with Crippen LogP contribution < -0.4 is 5.32 Å². The third kappa shape index (κ3) is 2.80. The predicted molar refractivity (Wildman–Crippen MR) is 88.7 cm³/mol. The van der Waals surface area contributed by atoms with Gasteiger partial charge < -0.3 is 5.32 Å². The highest BCUT2D eigenvalue weighted by Crippen LogP contribution is 2.27. The molecular weight excluding hydrogens is 364 g/mol. The highest BCUT2D eigenvalue weighted by atomic mass is 79.9. The molecule has 0 aliphatic rings. The summed E-state index contributed by atoms with van der Waals surface area (Å²) in [5.41, 5.74) is 1.86. The molecule has 2 heterocycles. The van der Waals surface area contributed by atoms with Crippen LogP contribution in [0.4, 0.5) is 11.4 Å². The summed E-state index contributed by atoms with van der Waals surface area (Å²) in [5, 5.41) is 13.6. The van der Waals surface area contributed by atoms with E-state index in [0.29, 0.717) is 27.2 Å². The maximum Gasteiger partial charge on any atom is 0.274 e. The molecule has 0 unspecified atom stereocenters. The van der Waals surface area contributed by atoms with E-state index in [2.05, 4.69) is 26.2 Å². The highest BCUT2D eigenvalue weighted by molar-refractivity contribution is 9.10. The van der Waals surface area contributed by atoms with E-state index in [1.54, 1.807) is 29.7 Å². The Balaban J connectivity index is 2.00. The number of aryl methyl sites for hydroxylation is 1. The Morgan fingerprint density at radius 3 is 2.87 bits per heavy atom. The molecule has 2 aromatic heterocycles. The van der Waals surface area contributed by atoms with E-state index in [9.17, 15) is 14.9 Å². The topological polar surface area (TPSA) is 89.5 Å². The molecule has 0 fully saturated rings. The molecule has 0 bridgehead atoms. The van der Waals surface area contributed by atoms with E-state index in [1.807, 2.05) is 6.07 Å². The standard InChI is InChI=1S/C15H11BrN4O3/c1-9-14(19-7-3-2-4-13(19)17-9)15(21)18-12-8-10(20(22)23)5-6-11(12)16/h2-8H,1H3,(H,18,21). The molecule has 0 saturated heterocycles. The largest absolute Gasteiger partial charge is 0.319 e. The Morgan fingerprint density at radius 2 is 2.13 bits per heavy atom. The van der Waals surface area contributed by atoms with Gasteiger partial charge in [-0.1, -0.05) is 6.07 Å². The van der Waals surface area contributed by atoms with Crippen LogP contribution in [0.2, 0.25) is 0 Å². The van der Waals surface area contributed by atoms with Gasteiger partial charge in [0.1, 0.15) is 11.3 Å². The average molecular weight is 375 g/mol. The van der Waals surface area contributed by atoms with Crippen LogP contribution in [0.1, 0.15) is 16.2 Å². The van der Waals surface area contributed by atoms with Crippen molar-refractivity contribution in [1.82, 2.24) is 9.38 Å². The number of aromatic nitrogens is 2. The second kappa shape index (κ2) is 5.81. The number of fused-ring (bicyclic) bond motifs is 1. The van der Waals surface area contributed by atoms with Crippen molar-refractivity contribution in [2.75, 3.05) is 5.32 Å². The zero-order chi connectivity index (χ0) is 16.6. The van der Waals surface area contributed by atoms with Crippen LogP contribution in [-0.4, -0.2) is 20.2 Å². The number of benzene rings is 1. The summed E-state index contributed by atoms with van der Waals surface area (Å²) >= 11 is 3.28. The molecular formula is C15H11BrN4O3. The van der Waals surface area contributed by atoms with Gasteiger partial charge in [0.05, 0.1) is 16.3 Å². The van der Waals surface area contributed by atoms with Crippen molar-refractivity contribution in [3.63, 3.8) is 0 Å². The number of carbonyl (C=O) groups excluding carboxylic acids is 1. The number of hydrogen-bond acceptors (Lipinski definition) is 4. The number of non-ortho nitro benzene ring substituents is 1. The van der Waals surface area contributed by atoms with Gasteiger partial charge >= 0.3 is 0 Å². The Labute approximate surface area is 139 Å². The molecule has 1 amide bonds. The van der Waals surface area contributed by atoms with Crippen LogP contribution in [-0.2, 0) is 0 Å². The molecule has 7 nitrogen and oxygen atoms in total. The molecule has 3 rings (SSSR count). The van der Waals surface area contributed by atoms with Crippen molar-refractivity contribution >= 4 is 38.9 Å². The van der Waals surface area contributed by atoms with E-state index in [-0.39, 0.29) is 11.6 Å². The molecule has 0 aliphatic heterocycles. The third-order valence-corrected chi connectivity index (χ3v) is 4.02. The number of anilines is 1. The maximum absolute atomic E-state index is 12.6. The molecule has 1 N–H and O–H groups in total. The summed E-state index contributed by atoms with van der Waals surface area (Å²) < 4.78 is 2.23. The zero-order valence-corrected chi connectivity index (χ0v) is 13.6. The number of nitro benzene ring substituents is 1. The fourth-order valence-corrected chi connectivity index (χ4v) is 2.64. The van der Waals surface area contributed by atoms with E-state index in [0.717, 1.165) is 0 Å². The SMILES string of the molecule is Cc1nc2ccccn2c1C(=O)Nc1cc([N+](=O)[O-])ccc1Br. The first-order valence-corrected chi connectivity index (χ1v) is 7.45. The summed E-state index contributed by atoms with van der Waals surface area (Å²) in [6, 6.07) is 9.62. The van der Waals surface area contributed by atoms with Crippen LogP contribution in [0.15, 0.2) is 47.1 Å². The van der Waals surface area contributed by atoms with Crippen molar-refractivity contribution in [1.29, 1.82) is 0 Å². The van der Waals surface area contributed by atoms with E-state index < -0.39 is 4.92 Å². The van der Waals surface area contributed by atoms with Gasteiger partial charge in [0.25, 0.3) is 11.6 Å². The van der Waals surface area contributed by atoms with Gasteiger partial charge in [-0.3, -0.25) is 19.3 Å².